The molecule has 0 bridgehead atoms. The number of thiazole rings is 1. The normalized spacial score (nSPS) is 23.3. The summed E-state index contributed by atoms with van der Waals surface area (Å²) in [4.78, 5) is 6.38. The Kier molecular flexibility index (Phi) is 2.73. The van der Waals surface area contributed by atoms with Crippen molar-refractivity contribution in [3.8, 4) is 0 Å². The van der Waals surface area contributed by atoms with Crippen LogP contribution >= 0.6 is 11.3 Å². The lowest BCUT2D eigenvalue weighted by Crippen LogP contribution is -2.44. The molecule has 1 aliphatic carbocycles. The zero-order valence-electron chi connectivity index (χ0n) is 9.71. The Morgan fingerprint density at radius 1 is 1.31 bits per heavy atom. The Balaban J connectivity index is 1.93. The van der Waals surface area contributed by atoms with Gasteiger partial charge in [0, 0.05) is 18.1 Å². The number of rotatable bonds is 2. The van der Waals surface area contributed by atoms with Crippen LogP contribution in [-0.4, -0.2) is 25.2 Å². The molecule has 3 rings (SSSR count). The van der Waals surface area contributed by atoms with Gasteiger partial charge in [-0.1, -0.05) is 0 Å². The lowest BCUT2D eigenvalue weighted by atomic mass is 9.91. The van der Waals surface area contributed by atoms with Crippen molar-refractivity contribution in [2.75, 3.05) is 20.3 Å². The van der Waals surface area contributed by atoms with Crippen molar-refractivity contribution in [1.29, 1.82) is 0 Å². The van der Waals surface area contributed by atoms with Crippen LogP contribution in [0.3, 0.4) is 0 Å². The van der Waals surface area contributed by atoms with Crippen molar-refractivity contribution in [3.05, 3.63) is 15.6 Å². The van der Waals surface area contributed by atoms with Crippen LogP contribution in [0.4, 0.5) is 0 Å². The second kappa shape index (κ2) is 4.09. The molecule has 0 saturated carbocycles. The standard InChI is InChI=1S/C12H18N2OS/c1-13-12(5-7-15-8-6-12)11-14-9-3-2-4-10(9)16-11/h13H,2-8H2,1H3. The van der Waals surface area contributed by atoms with Gasteiger partial charge in [-0.25, -0.2) is 4.98 Å². The number of aromatic nitrogens is 1. The molecule has 0 amide bonds. The molecule has 0 spiro atoms. The first kappa shape index (κ1) is 10.7. The van der Waals surface area contributed by atoms with Gasteiger partial charge in [-0.15, -0.1) is 11.3 Å². The Morgan fingerprint density at radius 2 is 2.12 bits per heavy atom. The first-order valence-corrected chi connectivity index (χ1v) is 6.91. The first-order valence-electron chi connectivity index (χ1n) is 6.10. The van der Waals surface area contributed by atoms with Crippen LogP contribution in [-0.2, 0) is 23.1 Å². The molecule has 0 aromatic carbocycles. The summed E-state index contributed by atoms with van der Waals surface area (Å²) in [5, 5.41) is 4.78. The van der Waals surface area contributed by atoms with Gasteiger partial charge in [0.1, 0.15) is 5.01 Å². The van der Waals surface area contributed by atoms with Gasteiger partial charge in [-0.05, 0) is 39.2 Å². The predicted molar refractivity (Wildman–Crippen MR) is 64.9 cm³/mol. The van der Waals surface area contributed by atoms with E-state index < -0.39 is 0 Å². The zero-order chi connectivity index (χ0) is 11.0. The maximum Gasteiger partial charge on any atom is 0.113 e. The van der Waals surface area contributed by atoms with E-state index in [1.165, 1.54) is 34.8 Å². The third kappa shape index (κ3) is 1.60. The van der Waals surface area contributed by atoms with Gasteiger partial charge in [0.2, 0.25) is 0 Å². The molecule has 16 heavy (non-hydrogen) atoms. The maximum absolute atomic E-state index is 5.46. The van der Waals surface area contributed by atoms with Gasteiger partial charge in [0.25, 0.3) is 0 Å². The van der Waals surface area contributed by atoms with Gasteiger partial charge in [-0.2, -0.15) is 0 Å². The van der Waals surface area contributed by atoms with Crippen LogP contribution in [0.1, 0.15) is 34.8 Å². The fourth-order valence-corrected chi connectivity index (χ4v) is 4.09. The van der Waals surface area contributed by atoms with Crippen LogP contribution in [0.25, 0.3) is 0 Å². The van der Waals surface area contributed by atoms with Crippen molar-refractivity contribution >= 4 is 11.3 Å². The van der Waals surface area contributed by atoms with E-state index in [1.54, 1.807) is 0 Å². The van der Waals surface area contributed by atoms with Crippen LogP contribution in [0.5, 0.6) is 0 Å². The Bertz CT molecular complexity index is 361. The van der Waals surface area contributed by atoms with Gasteiger partial charge in [0.15, 0.2) is 0 Å². The van der Waals surface area contributed by atoms with E-state index in [4.69, 9.17) is 9.72 Å². The zero-order valence-corrected chi connectivity index (χ0v) is 10.5. The van der Waals surface area contributed by atoms with Crippen molar-refractivity contribution in [2.45, 2.75) is 37.6 Å². The number of nitrogens with one attached hydrogen (secondary N) is 1. The van der Waals surface area contributed by atoms with E-state index in [-0.39, 0.29) is 5.54 Å². The summed E-state index contributed by atoms with van der Waals surface area (Å²) in [5.74, 6) is 0. The fraction of sp³-hybridized carbons (Fsp3) is 0.750. The molecule has 1 aromatic rings. The van der Waals surface area contributed by atoms with Crippen LogP contribution < -0.4 is 5.32 Å². The molecule has 2 aliphatic rings. The van der Waals surface area contributed by atoms with Gasteiger partial charge >= 0.3 is 0 Å². The molecule has 4 heteroatoms. The van der Waals surface area contributed by atoms with Crippen molar-refractivity contribution in [2.24, 2.45) is 0 Å². The molecule has 1 saturated heterocycles. The molecule has 88 valence electrons. The minimum atomic E-state index is 0.0905. The van der Waals surface area contributed by atoms with Crippen molar-refractivity contribution in [3.63, 3.8) is 0 Å². The second-order valence-corrected chi connectivity index (χ2v) is 5.77. The fourth-order valence-electron chi connectivity index (χ4n) is 2.69. The molecule has 2 heterocycles. The maximum atomic E-state index is 5.46. The van der Waals surface area contributed by atoms with E-state index in [0.29, 0.717) is 0 Å². The summed E-state index contributed by atoms with van der Waals surface area (Å²) in [7, 11) is 2.05. The quantitative estimate of drug-likeness (QED) is 0.854. The van der Waals surface area contributed by atoms with Crippen LogP contribution in [0.15, 0.2) is 0 Å². The summed E-state index contributed by atoms with van der Waals surface area (Å²) >= 11 is 1.92. The smallest absolute Gasteiger partial charge is 0.113 e. The first-order chi connectivity index (χ1) is 7.84. The largest absolute Gasteiger partial charge is 0.381 e. The van der Waals surface area contributed by atoms with E-state index in [2.05, 4.69) is 12.4 Å². The number of hydrogen-bond donors (Lipinski definition) is 1. The molecule has 0 atom stereocenters. The lowest BCUT2D eigenvalue weighted by molar-refractivity contribution is 0.0397. The highest BCUT2D eigenvalue weighted by Crippen LogP contribution is 2.38. The minimum Gasteiger partial charge on any atom is -0.381 e. The topological polar surface area (TPSA) is 34.2 Å². The van der Waals surface area contributed by atoms with Gasteiger partial charge < -0.3 is 10.1 Å². The molecular formula is C12H18N2OS. The summed E-state index contributed by atoms with van der Waals surface area (Å²) in [6.07, 6.45) is 5.82. The number of fused-ring (bicyclic) bond motifs is 1. The minimum absolute atomic E-state index is 0.0905. The van der Waals surface area contributed by atoms with E-state index in [9.17, 15) is 0 Å². The summed E-state index contributed by atoms with van der Waals surface area (Å²) < 4.78 is 5.46. The number of hydrogen-bond acceptors (Lipinski definition) is 4. The summed E-state index contributed by atoms with van der Waals surface area (Å²) in [5.41, 5.74) is 1.45. The van der Waals surface area contributed by atoms with Crippen molar-refractivity contribution < 1.29 is 4.74 Å². The van der Waals surface area contributed by atoms with Gasteiger partial charge in [0.05, 0.1) is 11.2 Å². The second-order valence-electron chi connectivity index (χ2n) is 4.69. The molecule has 1 aliphatic heterocycles. The molecule has 1 fully saturated rings. The average molecular weight is 238 g/mol. The highest BCUT2D eigenvalue weighted by molar-refractivity contribution is 7.12. The Labute approximate surface area is 100 Å². The molecule has 0 radical (unpaired) electrons. The molecule has 1 N–H and O–H groups in total. The highest BCUT2D eigenvalue weighted by atomic mass is 32.1. The summed E-state index contributed by atoms with van der Waals surface area (Å²) in [6.45, 7) is 1.70. The predicted octanol–water partition coefficient (Wildman–Crippen LogP) is 1.86. The van der Waals surface area contributed by atoms with Crippen LogP contribution in [0.2, 0.25) is 0 Å². The van der Waals surface area contributed by atoms with Crippen molar-refractivity contribution in [1.82, 2.24) is 10.3 Å². The Morgan fingerprint density at radius 3 is 2.81 bits per heavy atom. The Hall–Kier alpha value is -0.450. The molecular weight excluding hydrogens is 220 g/mol. The molecule has 1 aromatic heterocycles. The van der Waals surface area contributed by atoms with E-state index in [0.717, 1.165) is 26.1 Å². The average Bonchev–Trinajstić information content (AvgIpc) is 2.90. The van der Waals surface area contributed by atoms with Gasteiger partial charge in [-0.3, -0.25) is 0 Å². The van der Waals surface area contributed by atoms with E-state index in [1.807, 2.05) is 11.3 Å². The number of aryl methyl sites for hydroxylation is 2. The number of ether oxygens (including phenoxy) is 1. The third-order valence-corrected chi connectivity index (χ3v) is 5.19. The monoisotopic (exact) mass is 238 g/mol. The van der Waals surface area contributed by atoms with Crippen LogP contribution in [0, 0.1) is 0 Å². The summed E-state index contributed by atoms with van der Waals surface area (Å²) in [6, 6.07) is 0. The number of nitrogens with zero attached hydrogens (tertiary/aromatic N) is 1. The SMILES string of the molecule is CNC1(c2nc3c(s2)CCC3)CCOCC1. The third-order valence-electron chi connectivity index (χ3n) is 3.83. The highest BCUT2D eigenvalue weighted by Gasteiger charge is 2.36. The lowest BCUT2D eigenvalue weighted by Gasteiger charge is -2.35. The van der Waals surface area contributed by atoms with E-state index >= 15 is 0 Å². The molecule has 3 nitrogen and oxygen atoms in total. The molecule has 0 unspecified atom stereocenters.